The average molecular weight is 160 g/mol. The summed E-state index contributed by atoms with van der Waals surface area (Å²) >= 11 is 1.74. The van der Waals surface area contributed by atoms with Crippen LogP contribution in [0.4, 0.5) is 0 Å². The Labute approximate surface area is 67.3 Å². The quantitative estimate of drug-likeness (QED) is 0.225. The standard InChI is InChI=1S/C7H16N2S/c1-3-4-5-6-10-7(2)9-8/h3-6,8H2,1-2H3/b9-7-. The van der Waals surface area contributed by atoms with Crippen LogP contribution in [0.25, 0.3) is 0 Å². The number of nitrogens with two attached hydrogens (primary N) is 1. The molecule has 0 bridgehead atoms. The number of unbranched alkanes of at least 4 members (excludes halogenated alkanes) is 2. The van der Waals surface area contributed by atoms with Gasteiger partial charge in [0.25, 0.3) is 0 Å². The first-order valence-corrected chi connectivity index (χ1v) is 4.67. The van der Waals surface area contributed by atoms with Gasteiger partial charge in [0.1, 0.15) is 0 Å². The normalized spacial score (nSPS) is 12.0. The first-order chi connectivity index (χ1) is 4.81. The van der Waals surface area contributed by atoms with Crippen LogP contribution < -0.4 is 5.84 Å². The van der Waals surface area contributed by atoms with Gasteiger partial charge in [-0.3, -0.25) is 0 Å². The summed E-state index contributed by atoms with van der Waals surface area (Å²) in [6.07, 6.45) is 3.86. The van der Waals surface area contributed by atoms with E-state index in [0.717, 1.165) is 10.8 Å². The smallest absolute Gasteiger partial charge is 0.0897 e. The summed E-state index contributed by atoms with van der Waals surface area (Å²) < 4.78 is 0. The molecule has 0 atom stereocenters. The molecule has 0 spiro atoms. The molecule has 0 fully saturated rings. The molecule has 0 aromatic rings. The molecule has 10 heavy (non-hydrogen) atoms. The molecule has 0 radical (unpaired) electrons. The van der Waals surface area contributed by atoms with E-state index in [1.165, 1.54) is 19.3 Å². The van der Waals surface area contributed by atoms with Crippen LogP contribution >= 0.6 is 11.8 Å². The maximum atomic E-state index is 5.05. The lowest BCUT2D eigenvalue weighted by atomic mass is 10.3. The molecule has 0 saturated heterocycles. The van der Waals surface area contributed by atoms with Crippen LogP contribution in [0.3, 0.4) is 0 Å². The van der Waals surface area contributed by atoms with Crippen molar-refractivity contribution in [3.63, 3.8) is 0 Å². The Morgan fingerprint density at radius 1 is 1.50 bits per heavy atom. The van der Waals surface area contributed by atoms with E-state index in [0.29, 0.717) is 0 Å². The zero-order chi connectivity index (χ0) is 7.82. The maximum Gasteiger partial charge on any atom is 0.0897 e. The predicted molar refractivity (Wildman–Crippen MR) is 49.3 cm³/mol. The lowest BCUT2D eigenvalue weighted by Gasteiger charge is -1.96. The van der Waals surface area contributed by atoms with E-state index < -0.39 is 0 Å². The highest BCUT2D eigenvalue weighted by Crippen LogP contribution is 2.07. The first kappa shape index (κ1) is 9.82. The summed E-state index contributed by atoms with van der Waals surface area (Å²) in [5, 5.41) is 4.55. The van der Waals surface area contributed by atoms with Crippen molar-refractivity contribution in [3.8, 4) is 0 Å². The van der Waals surface area contributed by atoms with Gasteiger partial charge < -0.3 is 5.84 Å². The van der Waals surface area contributed by atoms with E-state index in [2.05, 4.69) is 12.0 Å². The molecular weight excluding hydrogens is 144 g/mol. The topological polar surface area (TPSA) is 38.4 Å². The molecule has 0 amide bonds. The summed E-state index contributed by atoms with van der Waals surface area (Å²) in [6, 6.07) is 0. The summed E-state index contributed by atoms with van der Waals surface area (Å²) in [4.78, 5) is 0. The number of hydrogen-bond acceptors (Lipinski definition) is 3. The molecule has 2 N–H and O–H groups in total. The Kier molecular flexibility index (Phi) is 6.81. The van der Waals surface area contributed by atoms with Gasteiger partial charge in [-0.15, -0.1) is 11.8 Å². The number of thioether (sulfide) groups is 1. The SMILES string of the molecule is CCCCCS/C(C)=N\N. The van der Waals surface area contributed by atoms with Crippen molar-refractivity contribution in [3.05, 3.63) is 0 Å². The molecule has 0 saturated carbocycles. The van der Waals surface area contributed by atoms with Gasteiger partial charge in [0, 0.05) is 0 Å². The summed E-state index contributed by atoms with van der Waals surface area (Å²) in [7, 11) is 0. The Hall–Kier alpha value is -0.180. The molecule has 0 unspecified atom stereocenters. The molecule has 2 nitrogen and oxygen atoms in total. The second kappa shape index (κ2) is 6.93. The lowest BCUT2D eigenvalue weighted by Crippen LogP contribution is -1.92. The molecule has 3 heteroatoms. The molecule has 60 valence electrons. The van der Waals surface area contributed by atoms with Crippen LogP contribution in [0.5, 0.6) is 0 Å². The highest BCUT2D eigenvalue weighted by molar-refractivity contribution is 8.13. The minimum Gasteiger partial charge on any atom is -0.323 e. The summed E-state index contributed by atoms with van der Waals surface area (Å²) in [6.45, 7) is 4.14. The van der Waals surface area contributed by atoms with Crippen LogP contribution in [0.15, 0.2) is 5.10 Å². The number of hydrazone groups is 1. The van der Waals surface area contributed by atoms with Crippen molar-refractivity contribution in [1.29, 1.82) is 0 Å². The Morgan fingerprint density at radius 3 is 2.70 bits per heavy atom. The molecule has 0 aromatic carbocycles. The van der Waals surface area contributed by atoms with E-state index in [1.54, 1.807) is 11.8 Å². The van der Waals surface area contributed by atoms with E-state index in [-0.39, 0.29) is 0 Å². The minimum absolute atomic E-state index is 0.983. The van der Waals surface area contributed by atoms with Gasteiger partial charge in [-0.25, -0.2) is 0 Å². The van der Waals surface area contributed by atoms with Crippen molar-refractivity contribution < 1.29 is 0 Å². The van der Waals surface area contributed by atoms with Crippen LogP contribution in [0, 0.1) is 0 Å². The van der Waals surface area contributed by atoms with Crippen molar-refractivity contribution >= 4 is 16.8 Å². The summed E-state index contributed by atoms with van der Waals surface area (Å²) in [5.74, 6) is 6.21. The van der Waals surface area contributed by atoms with Crippen LogP contribution in [0.1, 0.15) is 33.1 Å². The van der Waals surface area contributed by atoms with E-state index in [1.807, 2.05) is 6.92 Å². The minimum atomic E-state index is 0.983. The van der Waals surface area contributed by atoms with Crippen LogP contribution in [0.2, 0.25) is 0 Å². The van der Waals surface area contributed by atoms with Gasteiger partial charge in [0.2, 0.25) is 0 Å². The van der Waals surface area contributed by atoms with Crippen molar-refractivity contribution in [2.75, 3.05) is 5.75 Å². The molecule has 0 heterocycles. The van der Waals surface area contributed by atoms with Crippen molar-refractivity contribution in [2.45, 2.75) is 33.1 Å². The highest BCUT2D eigenvalue weighted by atomic mass is 32.2. The van der Waals surface area contributed by atoms with Gasteiger partial charge in [-0.2, -0.15) is 5.10 Å². The van der Waals surface area contributed by atoms with Gasteiger partial charge in [0.15, 0.2) is 0 Å². The van der Waals surface area contributed by atoms with Crippen LogP contribution in [-0.2, 0) is 0 Å². The van der Waals surface area contributed by atoms with E-state index >= 15 is 0 Å². The third-order valence-corrected chi connectivity index (χ3v) is 2.26. The Bertz CT molecular complexity index is 102. The van der Waals surface area contributed by atoms with Gasteiger partial charge >= 0.3 is 0 Å². The average Bonchev–Trinajstić information content (AvgIpc) is 1.98. The zero-order valence-corrected chi connectivity index (χ0v) is 7.58. The Morgan fingerprint density at radius 2 is 2.20 bits per heavy atom. The monoisotopic (exact) mass is 160 g/mol. The molecule has 0 aliphatic carbocycles. The molecule has 0 aromatic heterocycles. The van der Waals surface area contributed by atoms with E-state index in [4.69, 9.17) is 5.84 Å². The van der Waals surface area contributed by atoms with Crippen LogP contribution in [-0.4, -0.2) is 10.8 Å². The number of rotatable bonds is 4. The third-order valence-electron chi connectivity index (χ3n) is 1.24. The first-order valence-electron chi connectivity index (χ1n) is 3.68. The molecular formula is C7H16N2S. The number of nitrogens with zero attached hydrogens (tertiary/aromatic N) is 1. The second-order valence-electron chi connectivity index (χ2n) is 2.20. The fourth-order valence-electron chi connectivity index (χ4n) is 0.609. The third kappa shape index (κ3) is 5.95. The second-order valence-corrected chi connectivity index (χ2v) is 3.49. The number of hydrogen-bond donors (Lipinski definition) is 1. The van der Waals surface area contributed by atoms with Crippen molar-refractivity contribution in [1.82, 2.24) is 0 Å². The largest absolute Gasteiger partial charge is 0.323 e. The van der Waals surface area contributed by atoms with Crippen molar-refractivity contribution in [2.24, 2.45) is 10.9 Å². The zero-order valence-electron chi connectivity index (χ0n) is 6.76. The fourth-order valence-corrected chi connectivity index (χ4v) is 1.33. The highest BCUT2D eigenvalue weighted by Gasteiger charge is 1.90. The molecule has 0 aliphatic rings. The molecule has 0 aliphatic heterocycles. The maximum absolute atomic E-state index is 5.05. The Balaban J connectivity index is 3.04. The van der Waals surface area contributed by atoms with Gasteiger partial charge in [0.05, 0.1) is 5.04 Å². The predicted octanol–water partition coefficient (Wildman–Crippen LogP) is 2.20. The van der Waals surface area contributed by atoms with Gasteiger partial charge in [-0.05, 0) is 19.1 Å². The lowest BCUT2D eigenvalue weighted by molar-refractivity contribution is 0.779. The fraction of sp³-hybridized carbons (Fsp3) is 0.857. The molecule has 0 rings (SSSR count). The summed E-state index contributed by atoms with van der Waals surface area (Å²) in [5.41, 5.74) is 0. The van der Waals surface area contributed by atoms with E-state index in [9.17, 15) is 0 Å². The van der Waals surface area contributed by atoms with Gasteiger partial charge in [-0.1, -0.05) is 19.8 Å².